The third-order valence-corrected chi connectivity index (χ3v) is 3.25. The molecule has 18 heavy (non-hydrogen) atoms. The topological polar surface area (TPSA) is 64.1 Å². The fourth-order valence-electron chi connectivity index (χ4n) is 1.86. The first kappa shape index (κ1) is 11.1. The molecular weight excluding hydrogens is 294 g/mol. The van der Waals surface area contributed by atoms with Crippen LogP contribution < -0.4 is 5.73 Å². The van der Waals surface area contributed by atoms with Gasteiger partial charge in [-0.05, 0) is 42.5 Å². The Bertz CT molecular complexity index is 719. The second kappa shape index (κ2) is 4.03. The number of halogens is 1. The van der Waals surface area contributed by atoms with Crippen molar-refractivity contribution in [1.82, 2.24) is 9.71 Å². The van der Waals surface area contributed by atoms with Gasteiger partial charge in [0.1, 0.15) is 5.52 Å². The number of anilines is 1. The molecule has 0 amide bonds. The van der Waals surface area contributed by atoms with E-state index in [1.54, 1.807) is 12.1 Å². The molecular formula is C13H10BrN3O. The minimum atomic E-state index is 0.503. The van der Waals surface area contributed by atoms with Crippen LogP contribution in [0.25, 0.3) is 22.4 Å². The molecule has 0 fully saturated rings. The fourth-order valence-corrected chi connectivity index (χ4v) is 2.20. The number of fused-ring (bicyclic) bond motifs is 1. The molecule has 90 valence electrons. The molecule has 0 aliphatic rings. The molecule has 4 nitrogen and oxygen atoms in total. The number of hydrogen-bond acceptors (Lipinski definition) is 3. The Hall–Kier alpha value is -2.01. The van der Waals surface area contributed by atoms with Gasteiger partial charge in [0.05, 0.1) is 5.52 Å². The van der Waals surface area contributed by atoms with Crippen molar-refractivity contribution in [2.45, 2.75) is 0 Å². The molecule has 0 saturated carbocycles. The Morgan fingerprint density at radius 2 is 1.83 bits per heavy atom. The first-order valence-electron chi connectivity index (χ1n) is 5.38. The number of rotatable bonds is 1. The zero-order valence-electron chi connectivity index (χ0n) is 9.34. The molecule has 0 radical (unpaired) electrons. The molecule has 3 aromatic rings. The molecule has 0 aliphatic heterocycles. The van der Waals surface area contributed by atoms with E-state index in [1.807, 2.05) is 30.3 Å². The smallest absolute Gasteiger partial charge is 0.176 e. The maximum atomic E-state index is 10.1. The van der Waals surface area contributed by atoms with Gasteiger partial charge < -0.3 is 10.9 Å². The molecule has 0 aliphatic carbocycles. The van der Waals surface area contributed by atoms with Crippen LogP contribution in [0.5, 0.6) is 0 Å². The summed E-state index contributed by atoms with van der Waals surface area (Å²) < 4.78 is 1.99. The van der Waals surface area contributed by atoms with Gasteiger partial charge in [-0.3, -0.25) is 0 Å². The van der Waals surface area contributed by atoms with Crippen molar-refractivity contribution in [1.29, 1.82) is 0 Å². The quantitative estimate of drug-likeness (QED) is 0.535. The third kappa shape index (κ3) is 1.73. The van der Waals surface area contributed by atoms with Gasteiger partial charge in [-0.2, -0.15) is 4.73 Å². The lowest BCUT2D eigenvalue weighted by molar-refractivity contribution is 0.203. The predicted octanol–water partition coefficient (Wildman–Crippen LogP) is 3.29. The van der Waals surface area contributed by atoms with Gasteiger partial charge in [0, 0.05) is 15.7 Å². The number of benzene rings is 2. The zero-order chi connectivity index (χ0) is 12.7. The Labute approximate surface area is 112 Å². The van der Waals surface area contributed by atoms with Crippen molar-refractivity contribution in [2.75, 3.05) is 5.73 Å². The number of aromatic nitrogens is 2. The van der Waals surface area contributed by atoms with E-state index in [1.165, 1.54) is 0 Å². The standard InChI is InChI=1S/C13H10BrN3O/c14-9-3-6-11-12(7-9)17(18)13(16-11)8-1-4-10(15)5-2-8/h1-7,18H,15H2. The highest BCUT2D eigenvalue weighted by molar-refractivity contribution is 9.10. The zero-order valence-corrected chi connectivity index (χ0v) is 10.9. The van der Waals surface area contributed by atoms with E-state index in [-0.39, 0.29) is 0 Å². The van der Waals surface area contributed by atoms with Gasteiger partial charge in [0.2, 0.25) is 0 Å². The van der Waals surface area contributed by atoms with E-state index in [4.69, 9.17) is 5.73 Å². The summed E-state index contributed by atoms with van der Waals surface area (Å²) in [4.78, 5) is 4.40. The fraction of sp³-hybridized carbons (Fsp3) is 0. The molecule has 0 bridgehead atoms. The second-order valence-electron chi connectivity index (χ2n) is 4.00. The van der Waals surface area contributed by atoms with Crippen LogP contribution in [0.2, 0.25) is 0 Å². The third-order valence-electron chi connectivity index (χ3n) is 2.76. The molecule has 0 saturated heterocycles. The number of hydrogen-bond donors (Lipinski definition) is 2. The van der Waals surface area contributed by atoms with E-state index in [9.17, 15) is 5.21 Å². The normalized spacial score (nSPS) is 10.9. The van der Waals surface area contributed by atoms with E-state index < -0.39 is 0 Å². The number of imidazole rings is 1. The first-order chi connectivity index (χ1) is 8.65. The summed E-state index contributed by atoms with van der Waals surface area (Å²) in [6, 6.07) is 12.8. The van der Waals surface area contributed by atoms with Crippen molar-refractivity contribution in [3.05, 3.63) is 46.9 Å². The first-order valence-corrected chi connectivity index (χ1v) is 6.17. The lowest BCUT2D eigenvalue weighted by Crippen LogP contribution is -1.94. The monoisotopic (exact) mass is 303 g/mol. The van der Waals surface area contributed by atoms with Crippen molar-refractivity contribution in [3.63, 3.8) is 0 Å². The Balaban J connectivity index is 2.23. The Morgan fingerprint density at radius 3 is 2.56 bits per heavy atom. The minimum Gasteiger partial charge on any atom is -0.426 e. The highest BCUT2D eigenvalue weighted by atomic mass is 79.9. The molecule has 0 spiro atoms. The SMILES string of the molecule is Nc1ccc(-c2nc3ccc(Br)cc3n2O)cc1. The van der Waals surface area contributed by atoms with E-state index >= 15 is 0 Å². The van der Waals surface area contributed by atoms with Crippen LogP contribution in [0.3, 0.4) is 0 Å². The highest BCUT2D eigenvalue weighted by Crippen LogP contribution is 2.26. The summed E-state index contributed by atoms with van der Waals surface area (Å²) in [6.45, 7) is 0. The van der Waals surface area contributed by atoms with E-state index in [2.05, 4.69) is 20.9 Å². The average Bonchev–Trinajstić information content (AvgIpc) is 2.68. The van der Waals surface area contributed by atoms with Gasteiger partial charge in [-0.1, -0.05) is 15.9 Å². The van der Waals surface area contributed by atoms with Gasteiger partial charge >= 0.3 is 0 Å². The van der Waals surface area contributed by atoms with Crippen molar-refractivity contribution in [3.8, 4) is 11.4 Å². The van der Waals surface area contributed by atoms with Crippen LogP contribution >= 0.6 is 15.9 Å². The largest absolute Gasteiger partial charge is 0.426 e. The molecule has 1 heterocycles. The van der Waals surface area contributed by atoms with Crippen molar-refractivity contribution < 1.29 is 5.21 Å². The summed E-state index contributed by atoms with van der Waals surface area (Å²) in [5.41, 5.74) is 8.55. The molecule has 5 heteroatoms. The van der Waals surface area contributed by atoms with Crippen molar-refractivity contribution >= 4 is 32.7 Å². The lowest BCUT2D eigenvalue weighted by Gasteiger charge is -2.01. The maximum Gasteiger partial charge on any atom is 0.176 e. The Morgan fingerprint density at radius 1 is 1.11 bits per heavy atom. The lowest BCUT2D eigenvalue weighted by atomic mass is 10.2. The highest BCUT2D eigenvalue weighted by Gasteiger charge is 2.11. The van der Waals surface area contributed by atoms with Gasteiger partial charge in [-0.25, -0.2) is 4.98 Å². The van der Waals surface area contributed by atoms with Crippen LogP contribution in [-0.4, -0.2) is 14.9 Å². The molecule has 3 rings (SSSR count). The van der Waals surface area contributed by atoms with Crippen LogP contribution in [0.15, 0.2) is 46.9 Å². The predicted molar refractivity (Wildman–Crippen MR) is 74.5 cm³/mol. The van der Waals surface area contributed by atoms with Crippen molar-refractivity contribution in [2.24, 2.45) is 0 Å². The summed E-state index contributed by atoms with van der Waals surface area (Å²) >= 11 is 3.37. The summed E-state index contributed by atoms with van der Waals surface area (Å²) in [5, 5.41) is 10.1. The maximum absolute atomic E-state index is 10.1. The number of nitrogens with zero attached hydrogens (tertiary/aromatic N) is 2. The molecule has 0 atom stereocenters. The summed E-state index contributed by atoms with van der Waals surface area (Å²) in [7, 11) is 0. The van der Waals surface area contributed by atoms with Gasteiger partial charge in [0.15, 0.2) is 5.82 Å². The van der Waals surface area contributed by atoms with Gasteiger partial charge in [-0.15, -0.1) is 0 Å². The number of nitrogen functional groups attached to an aromatic ring is 1. The van der Waals surface area contributed by atoms with Gasteiger partial charge in [0.25, 0.3) is 0 Å². The second-order valence-corrected chi connectivity index (χ2v) is 4.92. The molecule has 3 N–H and O–H groups in total. The average molecular weight is 304 g/mol. The van der Waals surface area contributed by atoms with E-state index in [0.717, 1.165) is 20.3 Å². The van der Waals surface area contributed by atoms with E-state index in [0.29, 0.717) is 17.0 Å². The molecule has 0 unspecified atom stereocenters. The summed E-state index contributed by atoms with van der Waals surface area (Å²) in [6.07, 6.45) is 0. The molecule has 1 aromatic heterocycles. The molecule has 2 aromatic carbocycles. The number of nitrogens with two attached hydrogens (primary N) is 1. The van der Waals surface area contributed by atoms with Crippen LogP contribution in [0.4, 0.5) is 5.69 Å². The minimum absolute atomic E-state index is 0.503. The van der Waals surface area contributed by atoms with Crippen LogP contribution in [-0.2, 0) is 0 Å². The summed E-state index contributed by atoms with van der Waals surface area (Å²) in [5.74, 6) is 0.503. The van der Waals surface area contributed by atoms with Crippen LogP contribution in [0, 0.1) is 0 Å². The van der Waals surface area contributed by atoms with Crippen LogP contribution in [0.1, 0.15) is 0 Å². The Kier molecular flexibility index (Phi) is 2.48.